The SMILES string of the molecule is CC1CCCN(S(=O)(=O)c2cc(C(=O)Nc3ccccc3F)ccc2Cl)C1. The number of halogens is 2. The number of nitrogens with zero attached hydrogens (tertiary/aromatic N) is 1. The van der Waals surface area contributed by atoms with Crippen LogP contribution >= 0.6 is 11.6 Å². The molecule has 144 valence electrons. The molecule has 2 aromatic rings. The molecule has 1 heterocycles. The number of sulfonamides is 1. The highest BCUT2D eigenvalue weighted by atomic mass is 35.5. The molecule has 2 aromatic carbocycles. The maximum atomic E-state index is 13.7. The number of carbonyl (C=O) groups is 1. The van der Waals surface area contributed by atoms with E-state index in [9.17, 15) is 17.6 Å². The third-order valence-electron chi connectivity index (χ3n) is 4.55. The lowest BCUT2D eigenvalue weighted by Gasteiger charge is -2.30. The molecule has 0 bridgehead atoms. The van der Waals surface area contributed by atoms with E-state index >= 15 is 0 Å². The molecular weight excluding hydrogens is 391 g/mol. The quantitative estimate of drug-likeness (QED) is 0.823. The molecule has 0 radical (unpaired) electrons. The molecule has 0 spiro atoms. The van der Waals surface area contributed by atoms with Crippen LogP contribution in [0.15, 0.2) is 47.4 Å². The largest absolute Gasteiger partial charge is 0.319 e. The van der Waals surface area contributed by atoms with E-state index in [0.717, 1.165) is 12.8 Å². The molecular formula is C19H20ClFN2O3S. The molecule has 0 saturated carbocycles. The Kier molecular flexibility index (Phi) is 5.83. The predicted octanol–water partition coefficient (Wildman–Crippen LogP) is 4.15. The maximum Gasteiger partial charge on any atom is 0.255 e. The first-order valence-electron chi connectivity index (χ1n) is 8.64. The van der Waals surface area contributed by atoms with Crippen molar-refractivity contribution in [2.24, 2.45) is 5.92 Å². The third kappa shape index (κ3) is 4.31. The average molecular weight is 411 g/mol. The van der Waals surface area contributed by atoms with E-state index in [-0.39, 0.29) is 27.1 Å². The van der Waals surface area contributed by atoms with Crippen LogP contribution in [0.2, 0.25) is 5.02 Å². The van der Waals surface area contributed by atoms with Crippen LogP contribution in [0.3, 0.4) is 0 Å². The van der Waals surface area contributed by atoms with E-state index in [1.807, 2.05) is 6.92 Å². The normalized spacial score (nSPS) is 18.3. The van der Waals surface area contributed by atoms with Crippen LogP contribution in [0.4, 0.5) is 10.1 Å². The minimum atomic E-state index is -3.82. The number of hydrogen-bond donors (Lipinski definition) is 1. The number of amides is 1. The molecule has 1 unspecified atom stereocenters. The second-order valence-electron chi connectivity index (χ2n) is 6.69. The van der Waals surface area contributed by atoms with Gasteiger partial charge in [0.05, 0.1) is 10.7 Å². The summed E-state index contributed by atoms with van der Waals surface area (Å²) in [7, 11) is -3.82. The number of carbonyl (C=O) groups excluding carboxylic acids is 1. The van der Waals surface area contributed by atoms with Gasteiger partial charge in [0, 0.05) is 18.7 Å². The first-order valence-corrected chi connectivity index (χ1v) is 10.5. The fourth-order valence-electron chi connectivity index (χ4n) is 3.10. The smallest absolute Gasteiger partial charge is 0.255 e. The third-order valence-corrected chi connectivity index (χ3v) is 6.90. The van der Waals surface area contributed by atoms with Gasteiger partial charge in [-0.25, -0.2) is 12.8 Å². The molecule has 3 rings (SSSR count). The Bertz CT molecular complexity index is 965. The Morgan fingerprint density at radius 1 is 1.26 bits per heavy atom. The van der Waals surface area contributed by atoms with E-state index < -0.39 is 21.7 Å². The summed E-state index contributed by atoms with van der Waals surface area (Å²) in [5, 5.41) is 2.50. The lowest BCUT2D eigenvalue weighted by atomic mass is 10.0. The first kappa shape index (κ1) is 19.8. The number of anilines is 1. The summed E-state index contributed by atoms with van der Waals surface area (Å²) in [6, 6.07) is 9.79. The summed E-state index contributed by atoms with van der Waals surface area (Å²) in [4.78, 5) is 12.3. The van der Waals surface area contributed by atoms with E-state index in [1.165, 1.54) is 40.7 Å². The van der Waals surface area contributed by atoms with Gasteiger partial charge < -0.3 is 5.32 Å². The number of piperidine rings is 1. The van der Waals surface area contributed by atoms with Gasteiger partial charge in [-0.1, -0.05) is 30.7 Å². The molecule has 0 aromatic heterocycles. The Morgan fingerprint density at radius 2 is 2.00 bits per heavy atom. The van der Waals surface area contributed by atoms with Crippen molar-refractivity contribution in [1.29, 1.82) is 0 Å². The summed E-state index contributed by atoms with van der Waals surface area (Å²) >= 11 is 6.13. The minimum Gasteiger partial charge on any atom is -0.319 e. The fraction of sp³-hybridized carbons (Fsp3) is 0.316. The molecule has 1 saturated heterocycles. The Balaban J connectivity index is 1.90. The number of para-hydroxylation sites is 1. The predicted molar refractivity (Wildman–Crippen MR) is 103 cm³/mol. The van der Waals surface area contributed by atoms with Gasteiger partial charge in [-0.3, -0.25) is 4.79 Å². The molecule has 1 aliphatic rings. The summed E-state index contributed by atoms with van der Waals surface area (Å²) in [6.45, 7) is 2.85. The van der Waals surface area contributed by atoms with Crippen molar-refractivity contribution in [1.82, 2.24) is 4.31 Å². The highest BCUT2D eigenvalue weighted by molar-refractivity contribution is 7.89. The van der Waals surface area contributed by atoms with Crippen LogP contribution in [0.1, 0.15) is 30.1 Å². The minimum absolute atomic E-state index is 0.0201. The molecule has 27 heavy (non-hydrogen) atoms. The van der Waals surface area contributed by atoms with Gasteiger partial charge in [0.1, 0.15) is 10.7 Å². The van der Waals surface area contributed by atoms with Crippen molar-refractivity contribution in [2.75, 3.05) is 18.4 Å². The number of hydrogen-bond acceptors (Lipinski definition) is 3. The van der Waals surface area contributed by atoms with Crippen molar-refractivity contribution in [2.45, 2.75) is 24.7 Å². The van der Waals surface area contributed by atoms with E-state index in [0.29, 0.717) is 13.1 Å². The van der Waals surface area contributed by atoms with Crippen molar-refractivity contribution in [3.8, 4) is 0 Å². The van der Waals surface area contributed by atoms with Crippen LogP contribution in [-0.4, -0.2) is 31.7 Å². The molecule has 0 aliphatic carbocycles. The average Bonchev–Trinajstić information content (AvgIpc) is 2.63. The topological polar surface area (TPSA) is 66.5 Å². The highest BCUT2D eigenvalue weighted by Gasteiger charge is 2.31. The number of nitrogens with one attached hydrogen (secondary N) is 1. The van der Waals surface area contributed by atoms with Crippen LogP contribution in [0.25, 0.3) is 0 Å². The van der Waals surface area contributed by atoms with Gasteiger partial charge in [0.25, 0.3) is 5.91 Å². The standard InChI is InChI=1S/C19H20ClFN2O3S/c1-13-5-4-10-23(12-13)27(25,26)18-11-14(8-9-15(18)20)19(24)22-17-7-3-2-6-16(17)21/h2-3,6-9,11,13H,4-5,10,12H2,1H3,(H,22,24). The van der Waals surface area contributed by atoms with E-state index in [1.54, 1.807) is 6.07 Å². The molecule has 1 atom stereocenters. The van der Waals surface area contributed by atoms with Crippen LogP contribution in [0, 0.1) is 11.7 Å². The van der Waals surface area contributed by atoms with E-state index in [4.69, 9.17) is 11.6 Å². The van der Waals surface area contributed by atoms with Gasteiger partial charge in [-0.2, -0.15) is 4.31 Å². The van der Waals surface area contributed by atoms with Gasteiger partial charge in [0.2, 0.25) is 10.0 Å². The van der Waals surface area contributed by atoms with Gasteiger partial charge in [-0.15, -0.1) is 0 Å². The zero-order valence-corrected chi connectivity index (χ0v) is 16.4. The number of benzene rings is 2. The molecule has 1 N–H and O–H groups in total. The summed E-state index contributed by atoms with van der Waals surface area (Å²) < 4.78 is 41.1. The molecule has 1 aliphatic heterocycles. The van der Waals surface area contributed by atoms with Gasteiger partial charge >= 0.3 is 0 Å². The summed E-state index contributed by atoms with van der Waals surface area (Å²) in [6.07, 6.45) is 1.76. The van der Waals surface area contributed by atoms with E-state index in [2.05, 4.69) is 5.32 Å². The van der Waals surface area contributed by atoms with Crippen molar-refractivity contribution in [3.05, 3.63) is 58.9 Å². The van der Waals surface area contributed by atoms with Gasteiger partial charge in [0.15, 0.2) is 0 Å². The summed E-state index contributed by atoms with van der Waals surface area (Å²) in [5.41, 5.74) is 0.109. The molecule has 1 amide bonds. The Labute approximate surface area is 163 Å². The number of rotatable bonds is 4. The summed E-state index contributed by atoms with van der Waals surface area (Å²) in [5.74, 6) is -0.921. The monoisotopic (exact) mass is 410 g/mol. The Hall–Kier alpha value is -1.96. The van der Waals surface area contributed by atoms with Crippen molar-refractivity contribution in [3.63, 3.8) is 0 Å². The molecule has 5 nitrogen and oxygen atoms in total. The zero-order valence-electron chi connectivity index (χ0n) is 14.8. The molecule has 1 fully saturated rings. The second-order valence-corrected chi connectivity index (χ2v) is 9.00. The maximum absolute atomic E-state index is 13.7. The van der Waals surface area contributed by atoms with Crippen LogP contribution < -0.4 is 5.32 Å². The molecule has 8 heteroatoms. The lowest BCUT2D eigenvalue weighted by Crippen LogP contribution is -2.39. The lowest BCUT2D eigenvalue weighted by molar-refractivity contribution is 0.102. The first-order chi connectivity index (χ1) is 12.8. The Morgan fingerprint density at radius 3 is 2.70 bits per heavy atom. The van der Waals surface area contributed by atoms with Crippen LogP contribution in [-0.2, 0) is 10.0 Å². The fourth-order valence-corrected chi connectivity index (χ4v) is 5.20. The van der Waals surface area contributed by atoms with Gasteiger partial charge in [-0.05, 0) is 49.1 Å². The van der Waals surface area contributed by atoms with Crippen LogP contribution in [0.5, 0.6) is 0 Å². The second kappa shape index (κ2) is 7.96. The van der Waals surface area contributed by atoms with Crippen molar-refractivity contribution < 1.29 is 17.6 Å². The van der Waals surface area contributed by atoms with Crippen molar-refractivity contribution >= 4 is 33.2 Å². The highest BCUT2D eigenvalue weighted by Crippen LogP contribution is 2.29. The zero-order chi connectivity index (χ0) is 19.6.